The summed E-state index contributed by atoms with van der Waals surface area (Å²) in [6.07, 6.45) is -0.174. The van der Waals surface area contributed by atoms with Gasteiger partial charge in [-0.05, 0) is 51.6 Å². The number of urea groups is 1. The molecule has 8 nitrogen and oxygen atoms in total. The number of likely N-dealkylation sites (N-methyl/N-ethyl adjacent to an activating group) is 1. The van der Waals surface area contributed by atoms with Crippen molar-refractivity contribution in [2.24, 2.45) is 5.92 Å². The fraction of sp³-hybridized carbons (Fsp3) is 0.481. The normalized spacial score (nSPS) is 19.0. The van der Waals surface area contributed by atoms with Crippen LogP contribution in [0.3, 0.4) is 0 Å². The highest BCUT2D eigenvalue weighted by Crippen LogP contribution is 2.30. The van der Waals surface area contributed by atoms with Crippen molar-refractivity contribution in [3.63, 3.8) is 0 Å². The fourth-order valence-corrected chi connectivity index (χ4v) is 4.21. The third kappa shape index (κ3) is 7.19. The number of carbonyl (C=O) groups excluding carboxylic acids is 2. The fourth-order valence-electron chi connectivity index (χ4n) is 4.21. The van der Waals surface area contributed by atoms with Gasteiger partial charge >= 0.3 is 6.03 Å². The van der Waals surface area contributed by atoms with Gasteiger partial charge in [0.15, 0.2) is 0 Å². The van der Waals surface area contributed by atoms with Gasteiger partial charge in [0.25, 0.3) is 5.91 Å². The standard InChI is InChI=1S/C27H38N4O4/c1-18(2)28-27(34)29-22-11-12-24-23(13-22)26(33)31(20(4)17-32)14-19(3)25(35-24)16-30(5)15-21-9-7-6-8-10-21/h6-13,18-20,25,32H,14-17H2,1-5H3,(H2,28,29,34)/t19-,20+,25+/m0/s1. The van der Waals surface area contributed by atoms with Gasteiger partial charge in [-0.1, -0.05) is 37.3 Å². The van der Waals surface area contributed by atoms with E-state index in [2.05, 4.69) is 41.6 Å². The third-order valence-corrected chi connectivity index (χ3v) is 6.13. The summed E-state index contributed by atoms with van der Waals surface area (Å²) >= 11 is 0. The summed E-state index contributed by atoms with van der Waals surface area (Å²) in [7, 11) is 2.06. The molecule has 2 aromatic rings. The van der Waals surface area contributed by atoms with Gasteiger partial charge in [-0.25, -0.2) is 4.79 Å². The average molecular weight is 483 g/mol. The zero-order chi connectivity index (χ0) is 25.5. The number of carbonyl (C=O) groups is 2. The van der Waals surface area contributed by atoms with Crippen molar-refractivity contribution in [1.82, 2.24) is 15.1 Å². The molecule has 0 radical (unpaired) electrons. The van der Waals surface area contributed by atoms with E-state index >= 15 is 0 Å². The highest BCUT2D eigenvalue weighted by Gasteiger charge is 2.33. The maximum absolute atomic E-state index is 13.5. The maximum atomic E-state index is 13.5. The minimum absolute atomic E-state index is 0.0136. The molecule has 0 aromatic heterocycles. The molecule has 0 aliphatic carbocycles. The Kier molecular flexibility index (Phi) is 9.12. The number of aliphatic hydroxyl groups excluding tert-OH is 1. The van der Waals surface area contributed by atoms with Crippen molar-refractivity contribution < 1.29 is 19.4 Å². The molecule has 35 heavy (non-hydrogen) atoms. The second-order valence-corrected chi connectivity index (χ2v) is 9.77. The van der Waals surface area contributed by atoms with E-state index in [4.69, 9.17) is 4.74 Å². The van der Waals surface area contributed by atoms with Crippen LogP contribution >= 0.6 is 0 Å². The summed E-state index contributed by atoms with van der Waals surface area (Å²) in [6, 6.07) is 14.7. The molecule has 0 bridgehead atoms. The van der Waals surface area contributed by atoms with Crippen LogP contribution in [0.2, 0.25) is 0 Å². The van der Waals surface area contributed by atoms with Gasteiger partial charge in [0.1, 0.15) is 11.9 Å². The van der Waals surface area contributed by atoms with E-state index < -0.39 is 0 Å². The third-order valence-electron chi connectivity index (χ3n) is 6.13. The number of ether oxygens (including phenoxy) is 1. The van der Waals surface area contributed by atoms with E-state index in [9.17, 15) is 14.7 Å². The van der Waals surface area contributed by atoms with Crippen LogP contribution in [0.1, 0.15) is 43.6 Å². The first-order valence-electron chi connectivity index (χ1n) is 12.2. The Morgan fingerprint density at radius 2 is 1.91 bits per heavy atom. The van der Waals surface area contributed by atoms with E-state index in [1.54, 1.807) is 23.1 Å². The van der Waals surface area contributed by atoms with Crippen molar-refractivity contribution in [3.05, 3.63) is 59.7 Å². The van der Waals surface area contributed by atoms with Crippen molar-refractivity contribution in [1.29, 1.82) is 0 Å². The Bertz CT molecular complexity index is 998. The lowest BCUT2D eigenvalue weighted by Gasteiger charge is -2.38. The number of nitrogens with zero attached hydrogens (tertiary/aromatic N) is 2. The molecule has 3 atom stereocenters. The first-order valence-corrected chi connectivity index (χ1v) is 12.2. The average Bonchev–Trinajstić information content (AvgIpc) is 2.81. The smallest absolute Gasteiger partial charge is 0.319 e. The van der Waals surface area contributed by atoms with E-state index in [-0.39, 0.29) is 42.7 Å². The van der Waals surface area contributed by atoms with Crippen molar-refractivity contribution in [3.8, 4) is 5.75 Å². The number of fused-ring (bicyclic) bond motifs is 1. The lowest BCUT2D eigenvalue weighted by Crippen LogP contribution is -2.49. The molecule has 0 spiro atoms. The van der Waals surface area contributed by atoms with Crippen LogP contribution in [-0.4, -0.2) is 71.8 Å². The van der Waals surface area contributed by atoms with Gasteiger partial charge in [0.05, 0.1) is 18.2 Å². The summed E-state index contributed by atoms with van der Waals surface area (Å²) in [5, 5.41) is 15.4. The number of rotatable bonds is 8. The van der Waals surface area contributed by atoms with Gasteiger partial charge in [-0.2, -0.15) is 0 Å². The number of nitrogens with one attached hydrogen (secondary N) is 2. The molecular formula is C27H38N4O4. The van der Waals surface area contributed by atoms with Crippen LogP contribution in [-0.2, 0) is 6.54 Å². The molecule has 1 aliphatic heterocycles. The zero-order valence-electron chi connectivity index (χ0n) is 21.3. The van der Waals surface area contributed by atoms with Gasteiger partial charge in [0.2, 0.25) is 0 Å². The molecule has 3 amide bonds. The first kappa shape index (κ1) is 26.5. The maximum Gasteiger partial charge on any atom is 0.319 e. The molecule has 3 rings (SSSR count). The first-order chi connectivity index (χ1) is 16.7. The summed E-state index contributed by atoms with van der Waals surface area (Å²) in [4.78, 5) is 29.6. The molecule has 1 heterocycles. The molecule has 1 aliphatic rings. The number of benzene rings is 2. The van der Waals surface area contributed by atoms with E-state index in [0.29, 0.717) is 30.1 Å². The number of hydrogen-bond donors (Lipinski definition) is 3. The summed E-state index contributed by atoms with van der Waals surface area (Å²) in [5.41, 5.74) is 2.09. The van der Waals surface area contributed by atoms with Crippen molar-refractivity contribution >= 4 is 17.6 Å². The second kappa shape index (κ2) is 12.0. The lowest BCUT2D eigenvalue weighted by molar-refractivity contribution is 0.0341. The minimum Gasteiger partial charge on any atom is -0.488 e. The number of anilines is 1. The molecule has 190 valence electrons. The highest BCUT2D eigenvalue weighted by molar-refractivity contribution is 5.99. The van der Waals surface area contributed by atoms with Crippen LogP contribution < -0.4 is 15.4 Å². The molecule has 8 heteroatoms. The molecule has 0 fully saturated rings. The predicted molar refractivity (Wildman–Crippen MR) is 138 cm³/mol. The quantitative estimate of drug-likeness (QED) is 0.535. The second-order valence-electron chi connectivity index (χ2n) is 9.77. The Labute approximate surface area is 208 Å². The van der Waals surface area contributed by atoms with E-state index in [1.807, 2.05) is 39.0 Å². The van der Waals surface area contributed by atoms with Gasteiger partial charge in [-0.15, -0.1) is 0 Å². The van der Waals surface area contributed by atoms with E-state index in [1.165, 1.54) is 5.56 Å². The SMILES string of the molecule is CC(C)NC(=O)Nc1ccc2c(c1)C(=O)N([C@H](C)CO)C[C@H](C)[C@@H](CN(C)Cc1ccccc1)O2. The van der Waals surface area contributed by atoms with E-state index in [0.717, 1.165) is 6.54 Å². The summed E-state index contributed by atoms with van der Waals surface area (Å²) < 4.78 is 6.43. The monoisotopic (exact) mass is 482 g/mol. The lowest BCUT2D eigenvalue weighted by atomic mass is 9.99. The van der Waals surface area contributed by atoms with Gasteiger partial charge in [0, 0.05) is 37.3 Å². The van der Waals surface area contributed by atoms with Crippen LogP contribution in [0.5, 0.6) is 5.75 Å². The van der Waals surface area contributed by atoms with Crippen LogP contribution in [0, 0.1) is 5.92 Å². The molecular weight excluding hydrogens is 444 g/mol. The predicted octanol–water partition coefficient (Wildman–Crippen LogP) is 3.57. The topological polar surface area (TPSA) is 94.1 Å². The Morgan fingerprint density at radius 1 is 1.20 bits per heavy atom. The van der Waals surface area contributed by atoms with Gasteiger partial charge in [-0.3, -0.25) is 9.69 Å². The Balaban J connectivity index is 1.87. The highest BCUT2D eigenvalue weighted by atomic mass is 16.5. The number of amides is 3. The largest absolute Gasteiger partial charge is 0.488 e. The molecule has 0 unspecified atom stereocenters. The molecule has 0 saturated carbocycles. The summed E-state index contributed by atoms with van der Waals surface area (Å²) in [5.74, 6) is 0.288. The zero-order valence-corrected chi connectivity index (χ0v) is 21.3. The minimum atomic E-state index is -0.348. The Hall–Kier alpha value is -3.10. The molecule has 2 aromatic carbocycles. The van der Waals surface area contributed by atoms with Crippen molar-refractivity contribution in [2.75, 3.05) is 32.1 Å². The van der Waals surface area contributed by atoms with Crippen molar-refractivity contribution in [2.45, 2.75) is 52.4 Å². The summed E-state index contributed by atoms with van der Waals surface area (Å²) in [6.45, 7) is 9.43. The van der Waals surface area contributed by atoms with Crippen LogP contribution in [0.4, 0.5) is 10.5 Å². The van der Waals surface area contributed by atoms with Gasteiger partial charge < -0.3 is 25.4 Å². The number of aliphatic hydroxyl groups is 1. The molecule has 3 N–H and O–H groups in total. The number of hydrogen-bond acceptors (Lipinski definition) is 5. The van der Waals surface area contributed by atoms with Crippen LogP contribution in [0.15, 0.2) is 48.5 Å². The molecule has 0 saturated heterocycles. The van der Waals surface area contributed by atoms with Crippen LogP contribution in [0.25, 0.3) is 0 Å². The Morgan fingerprint density at radius 3 is 2.57 bits per heavy atom.